The van der Waals surface area contributed by atoms with Gasteiger partial charge in [0.15, 0.2) is 0 Å². The third kappa shape index (κ3) is 5.02. The van der Waals surface area contributed by atoms with Gasteiger partial charge in [0.2, 0.25) is 0 Å². The van der Waals surface area contributed by atoms with E-state index in [2.05, 4.69) is 12.2 Å². The molecule has 20 heavy (non-hydrogen) atoms. The van der Waals surface area contributed by atoms with E-state index in [0.29, 0.717) is 35.2 Å². The molecule has 0 aliphatic heterocycles. The molecule has 0 saturated heterocycles. The summed E-state index contributed by atoms with van der Waals surface area (Å²) in [7, 11) is 1.52. The van der Waals surface area contributed by atoms with Crippen LogP contribution in [0.2, 0.25) is 5.02 Å². The first-order valence-corrected chi connectivity index (χ1v) is 7.22. The highest BCUT2D eigenvalue weighted by molar-refractivity contribution is 6.31. The molecule has 0 spiro atoms. The van der Waals surface area contributed by atoms with Gasteiger partial charge in [-0.3, -0.25) is 4.79 Å². The minimum absolute atomic E-state index is 0.140. The van der Waals surface area contributed by atoms with Crippen LogP contribution in [0.15, 0.2) is 18.2 Å². The quantitative estimate of drug-likeness (QED) is 0.776. The number of ether oxygens (including phenoxy) is 1. The van der Waals surface area contributed by atoms with E-state index in [-0.39, 0.29) is 12.5 Å². The SMILES string of the molecule is CCCC(CCO)CNC(=O)c1cc(Cl)ccc1OC. The van der Waals surface area contributed by atoms with Crippen LogP contribution in [0.4, 0.5) is 0 Å². The largest absolute Gasteiger partial charge is 0.496 e. The standard InChI is InChI=1S/C15H22ClNO3/c1-3-4-11(7-8-18)10-17-15(19)13-9-12(16)5-6-14(13)20-2/h5-6,9,11,18H,3-4,7-8,10H2,1-2H3,(H,17,19). The van der Waals surface area contributed by atoms with Crippen molar-refractivity contribution in [2.45, 2.75) is 26.2 Å². The molecule has 1 aromatic carbocycles. The molecule has 0 saturated carbocycles. The van der Waals surface area contributed by atoms with Gasteiger partial charge in [0, 0.05) is 18.2 Å². The Hall–Kier alpha value is -1.26. The smallest absolute Gasteiger partial charge is 0.255 e. The summed E-state index contributed by atoms with van der Waals surface area (Å²) < 4.78 is 5.16. The number of aliphatic hydroxyl groups excluding tert-OH is 1. The first kappa shape index (κ1) is 16.8. The topological polar surface area (TPSA) is 58.6 Å². The Balaban J connectivity index is 2.68. The molecule has 112 valence electrons. The normalized spacial score (nSPS) is 12.0. The Morgan fingerprint density at radius 3 is 2.80 bits per heavy atom. The van der Waals surface area contributed by atoms with Gasteiger partial charge in [-0.05, 0) is 37.0 Å². The molecule has 0 radical (unpaired) electrons. The zero-order valence-corrected chi connectivity index (χ0v) is 12.7. The molecular formula is C15H22ClNO3. The maximum absolute atomic E-state index is 12.2. The van der Waals surface area contributed by atoms with Crippen molar-refractivity contribution in [1.29, 1.82) is 0 Å². The van der Waals surface area contributed by atoms with Crippen LogP contribution < -0.4 is 10.1 Å². The molecule has 1 atom stereocenters. The molecule has 0 heterocycles. The summed E-state index contributed by atoms with van der Waals surface area (Å²) >= 11 is 5.91. The summed E-state index contributed by atoms with van der Waals surface area (Å²) in [6.45, 7) is 2.77. The molecule has 5 heteroatoms. The highest BCUT2D eigenvalue weighted by Gasteiger charge is 2.15. The fourth-order valence-electron chi connectivity index (χ4n) is 2.13. The van der Waals surface area contributed by atoms with Crippen LogP contribution in [0.25, 0.3) is 0 Å². The maximum atomic E-state index is 12.2. The number of aliphatic hydroxyl groups is 1. The lowest BCUT2D eigenvalue weighted by molar-refractivity contribution is 0.0940. The summed E-state index contributed by atoms with van der Waals surface area (Å²) in [4.78, 5) is 12.2. The van der Waals surface area contributed by atoms with Crippen molar-refractivity contribution in [1.82, 2.24) is 5.32 Å². The van der Waals surface area contributed by atoms with Crippen LogP contribution in [0.3, 0.4) is 0 Å². The Morgan fingerprint density at radius 2 is 2.20 bits per heavy atom. The highest BCUT2D eigenvalue weighted by atomic mass is 35.5. The predicted octanol–water partition coefficient (Wildman–Crippen LogP) is 2.88. The second-order valence-corrected chi connectivity index (χ2v) is 5.16. The fourth-order valence-corrected chi connectivity index (χ4v) is 2.30. The van der Waals surface area contributed by atoms with E-state index in [1.165, 1.54) is 7.11 Å². The van der Waals surface area contributed by atoms with Crippen molar-refractivity contribution in [2.75, 3.05) is 20.3 Å². The number of halogens is 1. The van der Waals surface area contributed by atoms with Gasteiger partial charge in [-0.1, -0.05) is 24.9 Å². The van der Waals surface area contributed by atoms with E-state index in [1.54, 1.807) is 18.2 Å². The number of rotatable bonds is 8. The lowest BCUT2D eigenvalue weighted by Gasteiger charge is -2.16. The molecule has 0 aromatic heterocycles. The summed E-state index contributed by atoms with van der Waals surface area (Å²) in [6, 6.07) is 4.95. The van der Waals surface area contributed by atoms with Crippen molar-refractivity contribution in [3.63, 3.8) is 0 Å². The zero-order chi connectivity index (χ0) is 15.0. The second-order valence-electron chi connectivity index (χ2n) is 4.72. The Morgan fingerprint density at radius 1 is 1.45 bits per heavy atom. The van der Waals surface area contributed by atoms with E-state index in [9.17, 15) is 4.79 Å². The van der Waals surface area contributed by atoms with Crippen LogP contribution in [0.1, 0.15) is 36.5 Å². The highest BCUT2D eigenvalue weighted by Crippen LogP contribution is 2.22. The Kier molecular flexibility index (Phi) is 7.41. The van der Waals surface area contributed by atoms with Gasteiger partial charge in [0.05, 0.1) is 12.7 Å². The monoisotopic (exact) mass is 299 g/mol. The molecule has 0 aliphatic rings. The van der Waals surface area contributed by atoms with Crippen molar-refractivity contribution < 1.29 is 14.6 Å². The van der Waals surface area contributed by atoms with E-state index in [1.807, 2.05) is 0 Å². The van der Waals surface area contributed by atoms with Gasteiger partial charge >= 0.3 is 0 Å². The Bertz CT molecular complexity index is 431. The number of amides is 1. The van der Waals surface area contributed by atoms with Gasteiger partial charge in [0.25, 0.3) is 5.91 Å². The average molecular weight is 300 g/mol. The lowest BCUT2D eigenvalue weighted by Crippen LogP contribution is -2.30. The lowest BCUT2D eigenvalue weighted by atomic mass is 10.00. The van der Waals surface area contributed by atoms with Gasteiger partial charge in [-0.25, -0.2) is 0 Å². The minimum Gasteiger partial charge on any atom is -0.496 e. The van der Waals surface area contributed by atoms with Gasteiger partial charge in [-0.15, -0.1) is 0 Å². The van der Waals surface area contributed by atoms with Crippen molar-refractivity contribution >= 4 is 17.5 Å². The minimum atomic E-state index is -0.205. The number of carbonyl (C=O) groups excluding carboxylic acids is 1. The number of nitrogens with one attached hydrogen (secondary N) is 1. The first-order chi connectivity index (χ1) is 9.62. The number of methoxy groups -OCH3 is 1. The van der Waals surface area contributed by atoms with Crippen LogP contribution in [-0.4, -0.2) is 31.3 Å². The van der Waals surface area contributed by atoms with Crippen LogP contribution in [-0.2, 0) is 0 Å². The molecule has 1 unspecified atom stereocenters. The maximum Gasteiger partial charge on any atom is 0.255 e. The molecule has 0 bridgehead atoms. The third-order valence-electron chi connectivity index (χ3n) is 3.19. The number of hydrogen-bond acceptors (Lipinski definition) is 3. The molecule has 0 fully saturated rings. The molecular weight excluding hydrogens is 278 g/mol. The van der Waals surface area contributed by atoms with Crippen LogP contribution in [0.5, 0.6) is 5.75 Å². The van der Waals surface area contributed by atoms with E-state index in [0.717, 1.165) is 12.8 Å². The van der Waals surface area contributed by atoms with Crippen molar-refractivity contribution in [3.05, 3.63) is 28.8 Å². The molecule has 0 aliphatic carbocycles. The van der Waals surface area contributed by atoms with Crippen molar-refractivity contribution in [3.8, 4) is 5.75 Å². The predicted molar refractivity (Wildman–Crippen MR) is 80.4 cm³/mol. The first-order valence-electron chi connectivity index (χ1n) is 6.85. The summed E-state index contributed by atoms with van der Waals surface area (Å²) in [5.74, 6) is 0.587. The number of carbonyl (C=O) groups is 1. The van der Waals surface area contributed by atoms with Crippen molar-refractivity contribution in [2.24, 2.45) is 5.92 Å². The Labute approximate surface area is 125 Å². The molecule has 1 rings (SSSR count). The summed E-state index contributed by atoms with van der Waals surface area (Å²) in [5.41, 5.74) is 0.430. The fraction of sp³-hybridized carbons (Fsp3) is 0.533. The van der Waals surface area contributed by atoms with Crippen LogP contribution >= 0.6 is 11.6 Å². The van der Waals surface area contributed by atoms with Gasteiger partial charge in [0.1, 0.15) is 5.75 Å². The van der Waals surface area contributed by atoms with E-state index < -0.39 is 0 Å². The summed E-state index contributed by atoms with van der Waals surface area (Å²) in [5, 5.41) is 12.4. The molecule has 1 aromatic rings. The van der Waals surface area contributed by atoms with Gasteiger partial charge in [-0.2, -0.15) is 0 Å². The number of benzene rings is 1. The average Bonchev–Trinajstić information content (AvgIpc) is 2.45. The van der Waals surface area contributed by atoms with Crippen LogP contribution in [0, 0.1) is 5.92 Å². The van der Waals surface area contributed by atoms with E-state index >= 15 is 0 Å². The summed E-state index contributed by atoms with van der Waals surface area (Å²) in [6.07, 6.45) is 2.70. The van der Waals surface area contributed by atoms with E-state index in [4.69, 9.17) is 21.4 Å². The molecule has 1 amide bonds. The third-order valence-corrected chi connectivity index (χ3v) is 3.43. The van der Waals surface area contributed by atoms with Gasteiger partial charge < -0.3 is 15.2 Å². The zero-order valence-electron chi connectivity index (χ0n) is 12.0. The second kappa shape index (κ2) is 8.82. The molecule has 2 N–H and O–H groups in total. The molecule has 4 nitrogen and oxygen atoms in total. The number of hydrogen-bond donors (Lipinski definition) is 2.